The number of hydrogen-bond donors (Lipinski definition) is 2. The minimum absolute atomic E-state index is 0.0331. The van der Waals surface area contributed by atoms with Gasteiger partial charge in [-0.1, -0.05) is 6.42 Å². The largest absolute Gasteiger partial charge is 0.450 e. The Morgan fingerprint density at radius 1 is 1.25 bits per heavy atom. The Morgan fingerprint density at radius 3 is 2.44 bits per heavy atom. The first-order valence-electron chi connectivity index (χ1n) is 5.83. The normalized spacial score (nSPS) is 12.2. The Morgan fingerprint density at radius 2 is 1.88 bits per heavy atom. The van der Waals surface area contributed by atoms with Crippen molar-refractivity contribution < 1.29 is 14.3 Å². The van der Waals surface area contributed by atoms with Crippen LogP contribution in [0.2, 0.25) is 0 Å². The summed E-state index contributed by atoms with van der Waals surface area (Å²) in [4.78, 5) is 11.1. The molecule has 96 valence electrons. The lowest BCUT2D eigenvalue weighted by molar-refractivity contribution is 0.140. The smallest absolute Gasteiger partial charge is 0.407 e. The summed E-state index contributed by atoms with van der Waals surface area (Å²) in [5, 5.41) is 2.63. The molecule has 0 aromatic heterocycles. The van der Waals surface area contributed by atoms with E-state index >= 15 is 0 Å². The summed E-state index contributed by atoms with van der Waals surface area (Å²) in [7, 11) is 1.70. The number of carbonyl (C=O) groups is 1. The second-order valence-electron chi connectivity index (χ2n) is 3.82. The fourth-order valence-corrected chi connectivity index (χ4v) is 1.17. The van der Waals surface area contributed by atoms with Gasteiger partial charge in [0, 0.05) is 26.3 Å². The summed E-state index contributed by atoms with van der Waals surface area (Å²) in [5.74, 6) is 0. The van der Waals surface area contributed by atoms with E-state index in [1.807, 2.05) is 6.92 Å². The van der Waals surface area contributed by atoms with Crippen molar-refractivity contribution >= 4 is 6.09 Å². The number of methoxy groups -OCH3 is 1. The summed E-state index contributed by atoms with van der Waals surface area (Å²) in [6, 6.07) is -0.0331. The third-order valence-corrected chi connectivity index (χ3v) is 2.19. The quantitative estimate of drug-likeness (QED) is 0.587. The number of nitrogens with two attached hydrogens (primary N) is 1. The van der Waals surface area contributed by atoms with Crippen molar-refractivity contribution in [2.75, 3.05) is 26.9 Å². The molecular weight excluding hydrogens is 208 g/mol. The molecule has 0 rings (SSSR count). The molecule has 3 N–H and O–H groups in total. The van der Waals surface area contributed by atoms with Crippen molar-refractivity contribution in [1.82, 2.24) is 5.32 Å². The van der Waals surface area contributed by atoms with Gasteiger partial charge in [0.1, 0.15) is 0 Å². The zero-order valence-corrected chi connectivity index (χ0v) is 10.3. The second kappa shape index (κ2) is 10.7. The van der Waals surface area contributed by atoms with Crippen LogP contribution in [0, 0.1) is 0 Å². The van der Waals surface area contributed by atoms with Crippen molar-refractivity contribution in [3.05, 3.63) is 0 Å². The molecule has 1 unspecified atom stereocenters. The fourth-order valence-electron chi connectivity index (χ4n) is 1.17. The van der Waals surface area contributed by atoms with Crippen LogP contribution in [-0.2, 0) is 9.47 Å². The van der Waals surface area contributed by atoms with E-state index in [1.54, 1.807) is 7.11 Å². The van der Waals surface area contributed by atoms with Crippen LogP contribution in [0.4, 0.5) is 4.79 Å². The molecule has 16 heavy (non-hydrogen) atoms. The Bertz CT molecular complexity index is 177. The van der Waals surface area contributed by atoms with Gasteiger partial charge in [-0.3, -0.25) is 0 Å². The van der Waals surface area contributed by atoms with E-state index in [0.29, 0.717) is 13.2 Å². The molecule has 1 atom stereocenters. The highest BCUT2D eigenvalue weighted by Gasteiger charge is 2.05. The van der Waals surface area contributed by atoms with Gasteiger partial charge >= 0.3 is 6.09 Å². The number of unbranched alkanes of at least 4 members (excludes halogenated alkanes) is 3. The Labute approximate surface area is 97.7 Å². The summed E-state index contributed by atoms with van der Waals surface area (Å²) < 4.78 is 9.92. The number of amides is 1. The number of rotatable bonds is 9. The predicted molar refractivity (Wildman–Crippen MR) is 63.3 cm³/mol. The van der Waals surface area contributed by atoms with Gasteiger partial charge in [-0.25, -0.2) is 4.79 Å². The molecular formula is C11H24N2O3. The Balaban J connectivity index is 3.21. The molecule has 0 saturated carbocycles. The standard InChI is InChI=1S/C11H24N2O3/c1-10(9-12)13-11(14)16-8-6-4-3-5-7-15-2/h10H,3-9,12H2,1-2H3,(H,13,14). The highest BCUT2D eigenvalue weighted by Crippen LogP contribution is 2.00. The molecule has 0 aliphatic heterocycles. The Hall–Kier alpha value is -0.810. The zero-order chi connectivity index (χ0) is 12.2. The first-order chi connectivity index (χ1) is 7.70. The first-order valence-corrected chi connectivity index (χ1v) is 5.83. The number of carbonyl (C=O) groups excluding carboxylic acids is 1. The van der Waals surface area contributed by atoms with Gasteiger partial charge in [0.15, 0.2) is 0 Å². The van der Waals surface area contributed by atoms with Crippen molar-refractivity contribution in [3.63, 3.8) is 0 Å². The van der Waals surface area contributed by atoms with E-state index in [1.165, 1.54) is 0 Å². The summed E-state index contributed by atoms with van der Waals surface area (Å²) in [5.41, 5.74) is 5.36. The van der Waals surface area contributed by atoms with E-state index in [-0.39, 0.29) is 12.1 Å². The zero-order valence-electron chi connectivity index (χ0n) is 10.3. The van der Waals surface area contributed by atoms with Gasteiger partial charge in [0.25, 0.3) is 0 Å². The summed E-state index contributed by atoms with van der Waals surface area (Å²) >= 11 is 0. The topological polar surface area (TPSA) is 73.6 Å². The van der Waals surface area contributed by atoms with Crippen molar-refractivity contribution in [3.8, 4) is 0 Å². The Kier molecular flexibility index (Phi) is 10.2. The van der Waals surface area contributed by atoms with E-state index in [2.05, 4.69) is 5.32 Å². The highest BCUT2D eigenvalue weighted by molar-refractivity contribution is 5.67. The molecule has 0 bridgehead atoms. The number of ether oxygens (including phenoxy) is 2. The van der Waals surface area contributed by atoms with Crippen molar-refractivity contribution in [1.29, 1.82) is 0 Å². The van der Waals surface area contributed by atoms with Crippen LogP contribution >= 0.6 is 0 Å². The minimum atomic E-state index is -0.380. The molecule has 0 aromatic rings. The van der Waals surface area contributed by atoms with Gasteiger partial charge < -0.3 is 20.5 Å². The van der Waals surface area contributed by atoms with Crippen molar-refractivity contribution in [2.45, 2.75) is 38.6 Å². The van der Waals surface area contributed by atoms with E-state index < -0.39 is 0 Å². The van der Waals surface area contributed by atoms with Gasteiger partial charge in [-0.05, 0) is 26.2 Å². The average Bonchev–Trinajstić information content (AvgIpc) is 2.27. The molecule has 5 nitrogen and oxygen atoms in total. The lowest BCUT2D eigenvalue weighted by Gasteiger charge is -2.11. The highest BCUT2D eigenvalue weighted by atomic mass is 16.5. The van der Waals surface area contributed by atoms with E-state index in [0.717, 1.165) is 32.3 Å². The molecule has 0 aromatic carbocycles. The first kappa shape index (κ1) is 15.2. The van der Waals surface area contributed by atoms with E-state index in [9.17, 15) is 4.79 Å². The minimum Gasteiger partial charge on any atom is -0.450 e. The lowest BCUT2D eigenvalue weighted by atomic mass is 10.2. The molecule has 0 heterocycles. The average molecular weight is 232 g/mol. The van der Waals surface area contributed by atoms with Crippen LogP contribution < -0.4 is 11.1 Å². The van der Waals surface area contributed by atoms with Crippen LogP contribution in [0.15, 0.2) is 0 Å². The molecule has 0 radical (unpaired) electrons. The van der Waals surface area contributed by atoms with Gasteiger partial charge in [0.05, 0.1) is 6.61 Å². The third-order valence-electron chi connectivity index (χ3n) is 2.19. The summed E-state index contributed by atoms with van der Waals surface area (Å²) in [6.07, 6.45) is 3.75. The molecule has 0 saturated heterocycles. The van der Waals surface area contributed by atoms with E-state index in [4.69, 9.17) is 15.2 Å². The molecule has 0 aliphatic rings. The second-order valence-corrected chi connectivity index (χ2v) is 3.82. The number of nitrogens with one attached hydrogen (secondary N) is 1. The maximum absolute atomic E-state index is 11.1. The van der Waals surface area contributed by atoms with Crippen LogP contribution in [0.3, 0.4) is 0 Å². The van der Waals surface area contributed by atoms with Crippen LogP contribution in [0.25, 0.3) is 0 Å². The van der Waals surface area contributed by atoms with Gasteiger partial charge in [0.2, 0.25) is 0 Å². The van der Waals surface area contributed by atoms with Crippen LogP contribution in [0.1, 0.15) is 32.6 Å². The summed E-state index contributed by atoms with van der Waals surface area (Å²) in [6.45, 7) is 3.53. The maximum Gasteiger partial charge on any atom is 0.407 e. The monoisotopic (exact) mass is 232 g/mol. The molecule has 0 fully saturated rings. The van der Waals surface area contributed by atoms with Gasteiger partial charge in [-0.2, -0.15) is 0 Å². The fraction of sp³-hybridized carbons (Fsp3) is 0.909. The van der Waals surface area contributed by atoms with Crippen LogP contribution in [-0.4, -0.2) is 39.0 Å². The number of hydrogen-bond acceptors (Lipinski definition) is 4. The third kappa shape index (κ3) is 9.73. The predicted octanol–water partition coefficient (Wildman–Crippen LogP) is 1.27. The molecule has 0 aliphatic carbocycles. The maximum atomic E-state index is 11.1. The molecule has 5 heteroatoms. The molecule has 1 amide bonds. The SMILES string of the molecule is COCCCCCCOC(=O)NC(C)CN. The number of alkyl carbamates (subject to hydrolysis) is 1. The molecule has 0 spiro atoms. The lowest BCUT2D eigenvalue weighted by Crippen LogP contribution is -2.38. The van der Waals surface area contributed by atoms with Crippen LogP contribution in [0.5, 0.6) is 0 Å². The van der Waals surface area contributed by atoms with Gasteiger partial charge in [-0.15, -0.1) is 0 Å². The van der Waals surface area contributed by atoms with Crippen molar-refractivity contribution in [2.24, 2.45) is 5.73 Å².